The molecule has 1 aromatic heterocycles. The molecule has 0 saturated heterocycles. The number of nitrogens with one attached hydrogen (secondary N) is 1. The lowest BCUT2D eigenvalue weighted by Crippen LogP contribution is -2.21. The van der Waals surface area contributed by atoms with Crippen molar-refractivity contribution < 1.29 is 4.42 Å². The van der Waals surface area contributed by atoms with E-state index < -0.39 is 0 Å². The van der Waals surface area contributed by atoms with E-state index in [0.29, 0.717) is 0 Å². The van der Waals surface area contributed by atoms with E-state index >= 15 is 0 Å². The van der Waals surface area contributed by atoms with Gasteiger partial charge in [-0.3, -0.25) is 4.90 Å². The van der Waals surface area contributed by atoms with Crippen molar-refractivity contribution in [3.63, 3.8) is 0 Å². The lowest BCUT2D eigenvalue weighted by molar-refractivity contribution is 0.246. The van der Waals surface area contributed by atoms with Gasteiger partial charge in [0.05, 0.1) is 6.54 Å². The molecular formula is C17H24N2O. The van der Waals surface area contributed by atoms with Gasteiger partial charge in [0, 0.05) is 18.7 Å². The number of nitrogens with zero attached hydrogens (tertiary/aromatic N) is 1. The first kappa shape index (κ1) is 14.8. The zero-order chi connectivity index (χ0) is 14.4. The Balaban J connectivity index is 2.01. The van der Waals surface area contributed by atoms with Gasteiger partial charge in [-0.15, -0.1) is 0 Å². The van der Waals surface area contributed by atoms with Gasteiger partial charge in [0.1, 0.15) is 11.5 Å². The van der Waals surface area contributed by atoms with Crippen molar-refractivity contribution in [1.82, 2.24) is 10.2 Å². The smallest absolute Gasteiger partial charge is 0.118 e. The molecule has 1 aromatic carbocycles. The molecule has 0 radical (unpaired) electrons. The van der Waals surface area contributed by atoms with E-state index in [1.165, 1.54) is 11.1 Å². The molecule has 0 bridgehead atoms. The Morgan fingerprint density at radius 2 is 1.90 bits per heavy atom. The minimum atomic E-state index is 0.857. The highest BCUT2D eigenvalue weighted by Gasteiger charge is 2.11. The van der Waals surface area contributed by atoms with Gasteiger partial charge in [-0.25, -0.2) is 0 Å². The molecule has 0 spiro atoms. The van der Waals surface area contributed by atoms with Crippen LogP contribution in [-0.4, -0.2) is 18.5 Å². The SMILES string of the molecule is CCN(Cc1ccccc1)Cc1cc(CNC)c(C)o1. The Morgan fingerprint density at radius 3 is 2.55 bits per heavy atom. The summed E-state index contributed by atoms with van der Waals surface area (Å²) in [6.07, 6.45) is 0. The zero-order valence-electron chi connectivity index (χ0n) is 12.6. The van der Waals surface area contributed by atoms with Gasteiger partial charge in [0.15, 0.2) is 0 Å². The predicted octanol–water partition coefficient (Wildman–Crippen LogP) is 3.33. The number of rotatable bonds is 7. The number of aryl methyl sites for hydroxylation is 1. The molecule has 0 aliphatic rings. The molecule has 2 aromatic rings. The van der Waals surface area contributed by atoms with Crippen LogP contribution in [0.2, 0.25) is 0 Å². The van der Waals surface area contributed by atoms with Crippen LogP contribution in [-0.2, 0) is 19.6 Å². The molecule has 0 unspecified atom stereocenters. The van der Waals surface area contributed by atoms with Crippen LogP contribution in [0.1, 0.15) is 29.6 Å². The third-order valence-electron chi connectivity index (χ3n) is 3.51. The fraction of sp³-hybridized carbons (Fsp3) is 0.412. The Bertz CT molecular complexity index is 519. The Kier molecular flexibility index (Phi) is 5.39. The summed E-state index contributed by atoms with van der Waals surface area (Å²) in [5.41, 5.74) is 2.59. The quantitative estimate of drug-likeness (QED) is 0.838. The second-order valence-electron chi connectivity index (χ2n) is 5.11. The van der Waals surface area contributed by atoms with Gasteiger partial charge in [-0.05, 0) is 32.1 Å². The second-order valence-corrected chi connectivity index (χ2v) is 5.11. The molecular weight excluding hydrogens is 248 g/mol. The van der Waals surface area contributed by atoms with Gasteiger partial charge in [-0.2, -0.15) is 0 Å². The van der Waals surface area contributed by atoms with E-state index in [1.54, 1.807) is 0 Å². The van der Waals surface area contributed by atoms with Gasteiger partial charge < -0.3 is 9.73 Å². The van der Waals surface area contributed by atoms with Crippen molar-refractivity contribution in [1.29, 1.82) is 0 Å². The molecule has 20 heavy (non-hydrogen) atoms. The molecule has 3 nitrogen and oxygen atoms in total. The normalized spacial score (nSPS) is 11.2. The monoisotopic (exact) mass is 272 g/mol. The summed E-state index contributed by atoms with van der Waals surface area (Å²) in [5, 5.41) is 3.17. The molecule has 0 atom stereocenters. The lowest BCUT2D eigenvalue weighted by Gasteiger charge is -2.19. The first-order chi connectivity index (χ1) is 9.72. The lowest BCUT2D eigenvalue weighted by atomic mass is 10.2. The molecule has 0 amide bonds. The van der Waals surface area contributed by atoms with E-state index in [9.17, 15) is 0 Å². The number of hydrogen-bond donors (Lipinski definition) is 1. The summed E-state index contributed by atoms with van der Waals surface area (Å²) in [7, 11) is 1.96. The summed E-state index contributed by atoms with van der Waals surface area (Å²) >= 11 is 0. The average Bonchev–Trinajstić information content (AvgIpc) is 2.80. The Morgan fingerprint density at radius 1 is 1.15 bits per heavy atom. The predicted molar refractivity (Wildman–Crippen MR) is 82.4 cm³/mol. The first-order valence-corrected chi connectivity index (χ1v) is 7.22. The topological polar surface area (TPSA) is 28.4 Å². The van der Waals surface area contributed by atoms with Crippen molar-refractivity contribution in [3.8, 4) is 0 Å². The van der Waals surface area contributed by atoms with Crippen molar-refractivity contribution in [3.05, 3.63) is 59.0 Å². The summed E-state index contributed by atoms with van der Waals surface area (Å²) in [6, 6.07) is 12.7. The van der Waals surface area contributed by atoms with Gasteiger partial charge in [0.2, 0.25) is 0 Å². The zero-order valence-corrected chi connectivity index (χ0v) is 12.6. The molecule has 0 fully saturated rings. The second kappa shape index (κ2) is 7.27. The van der Waals surface area contributed by atoms with Crippen molar-refractivity contribution >= 4 is 0 Å². The van der Waals surface area contributed by atoms with E-state index in [0.717, 1.165) is 37.7 Å². The minimum absolute atomic E-state index is 0.857. The maximum atomic E-state index is 5.86. The van der Waals surface area contributed by atoms with Crippen molar-refractivity contribution in [2.24, 2.45) is 0 Å². The fourth-order valence-corrected chi connectivity index (χ4v) is 2.37. The molecule has 0 saturated carbocycles. The highest BCUT2D eigenvalue weighted by atomic mass is 16.3. The Hall–Kier alpha value is -1.58. The summed E-state index contributed by atoms with van der Waals surface area (Å²) in [6.45, 7) is 7.90. The minimum Gasteiger partial charge on any atom is -0.465 e. The number of furan rings is 1. The van der Waals surface area contributed by atoms with Crippen LogP contribution in [0.4, 0.5) is 0 Å². The summed E-state index contributed by atoms with van der Waals surface area (Å²) in [5.74, 6) is 2.07. The summed E-state index contributed by atoms with van der Waals surface area (Å²) in [4.78, 5) is 2.39. The van der Waals surface area contributed by atoms with Crippen LogP contribution in [0.15, 0.2) is 40.8 Å². The van der Waals surface area contributed by atoms with Crippen LogP contribution in [0.5, 0.6) is 0 Å². The molecule has 1 N–H and O–H groups in total. The van der Waals surface area contributed by atoms with Gasteiger partial charge >= 0.3 is 0 Å². The van der Waals surface area contributed by atoms with Crippen molar-refractivity contribution in [2.45, 2.75) is 33.5 Å². The highest BCUT2D eigenvalue weighted by molar-refractivity contribution is 5.21. The van der Waals surface area contributed by atoms with Crippen LogP contribution in [0.3, 0.4) is 0 Å². The number of hydrogen-bond acceptors (Lipinski definition) is 3. The fourth-order valence-electron chi connectivity index (χ4n) is 2.37. The van der Waals surface area contributed by atoms with Crippen LogP contribution >= 0.6 is 0 Å². The maximum absolute atomic E-state index is 5.86. The first-order valence-electron chi connectivity index (χ1n) is 7.22. The average molecular weight is 272 g/mol. The van der Waals surface area contributed by atoms with Crippen LogP contribution in [0.25, 0.3) is 0 Å². The van der Waals surface area contributed by atoms with Crippen LogP contribution in [0, 0.1) is 6.92 Å². The third kappa shape index (κ3) is 3.95. The molecule has 0 aliphatic carbocycles. The highest BCUT2D eigenvalue weighted by Crippen LogP contribution is 2.17. The maximum Gasteiger partial charge on any atom is 0.118 e. The molecule has 1 heterocycles. The van der Waals surface area contributed by atoms with Crippen molar-refractivity contribution in [2.75, 3.05) is 13.6 Å². The molecule has 3 heteroatoms. The summed E-state index contributed by atoms with van der Waals surface area (Å²) < 4.78 is 5.86. The Labute approximate surface area is 121 Å². The van der Waals surface area contributed by atoms with E-state index in [2.05, 4.69) is 53.5 Å². The van der Waals surface area contributed by atoms with E-state index in [-0.39, 0.29) is 0 Å². The van der Waals surface area contributed by atoms with Gasteiger partial charge in [0.25, 0.3) is 0 Å². The largest absolute Gasteiger partial charge is 0.465 e. The van der Waals surface area contributed by atoms with E-state index in [1.807, 2.05) is 14.0 Å². The molecule has 0 aliphatic heterocycles. The molecule has 2 rings (SSSR count). The third-order valence-corrected chi connectivity index (χ3v) is 3.51. The molecule has 108 valence electrons. The standard InChI is InChI=1S/C17H24N2O/c1-4-19(12-15-8-6-5-7-9-15)13-17-10-16(11-18-3)14(2)20-17/h5-10,18H,4,11-13H2,1-3H3. The van der Waals surface area contributed by atoms with E-state index in [4.69, 9.17) is 4.42 Å². The van der Waals surface area contributed by atoms with Gasteiger partial charge in [-0.1, -0.05) is 37.3 Å². The number of benzene rings is 1. The van der Waals surface area contributed by atoms with Crippen LogP contribution < -0.4 is 5.32 Å².